The van der Waals surface area contributed by atoms with Gasteiger partial charge in [-0.15, -0.1) is 0 Å². The Morgan fingerprint density at radius 1 is 1.35 bits per heavy atom. The number of halogens is 2. The predicted molar refractivity (Wildman–Crippen MR) is 59.3 cm³/mol. The number of hydrogen-bond donors (Lipinski definition) is 2. The van der Waals surface area contributed by atoms with Crippen LogP contribution in [0.2, 0.25) is 0 Å². The third kappa shape index (κ3) is 3.28. The normalized spacial score (nSPS) is 12.4. The third-order valence-corrected chi connectivity index (χ3v) is 2.33. The van der Waals surface area contributed by atoms with Crippen molar-refractivity contribution in [2.45, 2.75) is 6.10 Å². The molecule has 1 unspecified atom stereocenters. The lowest BCUT2D eigenvalue weighted by Crippen LogP contribution is -2.31. The van der Waals surface area contributed by atoms with Crippen molar-refractivity contribution in [3.63, 3.8) is 0 Å². The highest BCUT2D eigenvalue weighted by Gasteiger charge is 2.15. The van der Waals surface area contributed by atoms with E-state index in [1.807, 2.05) is 0 Å². The van der Waals surface area contributed by atoms with Gasteiger partial charge in [-0.05, 0) is 0 Å². The maximum Gasteiger partial charge on any atom is 0.167 e. The second-order valence-corrected chi connectivity index (χ2v) is 3.66. The molecule has 0 amide bonds. The molecule has 1 aromatic carbocycles. The standard InChI is InChI=1S/C11H15F2NO3/c1-14(5-7(16)6-15)10-3-9(13)11(17-2)4-8(10)12/h3-4,7,15-16H,5-6H2,1-2H3. The Bertz CT molecular complexity index is 387. The molecule has 0 saturated heterocycles. The molecule has 0 fully saturated rings. The minimum absolute atomic E-state index is 0.000805. The van der Waals surface area contributed by atoms with Gasteiger partial charge in [0.1, 0.15) is 5.82 Å². The molecule has 1 rings (SSSR count). The minimum atomic E-state index is -1.01. The molecule has 96 valence electrons. The van der Waals surface area contributed by atoms with Crippen molar-refractivity contribution in [1.29, 1.82) is 0 Å². The molecule has 0 aliphatic heterocycles. The van der Waals surface area contributed by atoms with Gasteiger partial charge in [-0.2, -0.15) is 0 Å². The van der Waals surface area contributed by atoms with E-state index in [1.54, 1.807) is 0 Å². The molecule has 6 heteroatoms. The van der Waals surface area contributed by atoms with E-state index in [-0.39, 0.29) is 18.0 Å². The Hall–Kier alpha value is -1.40. The van der Waals surface area contributed by atoms with Crippen molar-refractivity contribution in [3.8, 4) is 5.75 Å². The number of methoxy groups -OCH3 is 1. The van der Waals surface area contributed by atoms with E-state index in [0.717, 1.165) is 12.1 Å². The number of anilines is 1. The van der Waals surface area contributed by atoms with Crippen molar-refractivity contribution in [2.24, 2.45) is 0 Å². The van der Waals surface area contributed by atoms with E-state index >= 15 is 0 Å². The fraction of sp³-hybridized carbons (Fsp3) is 0.455. The highest BCUT2D eigenvalue weighted by Crippen LogP contribution is 2.26. The number of aliphatic hydroxyl groups excluding tert-OH is 2. The van der Waals surface area contributed by atoms with E-state index < -0.39 is 24.3 Å². The fourth-order valence-corrected chi connectivity index (χ4v) is 1.44. The van der Waals surface area contributed by atoms with Crippen molar-refractivity contribution in [3.05, 3.63) is 23.8 Å². The van der Waals surface area contributed by atoms with E-state index in [0.29, 0.717) is 0 Å². The lowest BCUT2D eigenvalue weighted by Gasteiger charge is -2.22. The van der Waals surface area contributed by atoms with Crippen molar-refractivity contribution in [1.82, 2.24) is 0 Å². The summed E-state index contributed by atoms with van der Waals surface area (Å²) >= 11 is 0. The zero-order valence-corrected chi connectivity index (χ0v) is 9.65. The van der Waals surface area contributed by atoms with E-state index in [1.165, 1.54) is 19.1 Å². The maximum atomic E-state index is 13.6. The van der Waals surface area contributed by atoms with Gasteiger partial charge in [-0.25, -0.2) is 8.78 Å². The summed E-state index contributed by atoms with van der Waals surface area (Å²) < 4.78 is 31.6. The first-order valence-electron chi connectivity index (χ1n) is 5.02. The second-order valence-electron chi connectivity index (χ2n) is 3.66. The van der Waals surface area contributed by atoms with Gasteiger partial charge in [0.05, 0.1) is 25.5 Å². The molecule has 1 aromatic rings. The number of hydrogen-bond acceptors (Lipinski definition) is 4. The number of benzene rings is 1. The Labute approximate surface area is 98.0 Å². The van der Waals surface area contributed by atoms with Crippen LogP contribution in [-0.2, 0) is 0 Å². The Kier molecular flexibility index (Phi) is 4.65. The summed E-state index contributed by atoms with van der Waals surface area (Å²) in [7, 11) is 2.74. The zero-order valence-electron chi connectivity index (χ0n) is 9.65. The van der Waals surface area contributed by atoms with Gasteiger partial charge in [0.2, 0.25) is 0 Å². The summed E-state index contributed by atoms with van der Waals surface area (Å²) in [5.41, 5.74) is -0.00389. The molecule has 17 heavy (non-hydrogen) atoms. The van der Waals surface area contributed by atoms with Crippen LogP contribution in [0.3, 0.4) is 0 Å². The van der Waals surface area contributed by atoms with Gasteiger partial charge in [-0.3, -0.25) is 0 Å². The minimum Gasteiger partial charge on any atom is -0.494 e. The van der Waals surface area contributed by atoms with Gasteiger partial charge in [-0.1, -0.05) is 0 Å². The van der Waals surface area contributed by atoms with Crippen LogP contribution in [0, 0.1) is 11.6 Å². The largest absolute Gasteiger partial charge is 0.494 e. The molecule has 0 aliphatic rings. The van der Waals surface area contributed by atoms with Gasteiger partial charge >= 0.3 is 0 Å². The molecule has 0 aromatic heterocycles. The van der Waals surface area contributed by atoms with Crippen LogP contribution in [0.4, 0.5) is 14.5 Å². The summed E-state index contributed by atoms with van der Waals surface area (Å²) in [5, 5.41) is 17.9. The molecular weight excluding hydrogens is 232 g/mol. The van der Waals surface area contributed by atoms with E-state index in [9.17, 15) is 13.9 Å². The number of rotatable bonds is 5. The number of aliphatic hydroxyl groups is 2. The highest BCUT2D eigenvalue weighted by atomic mass is 19.1. The smallest absolute Gasteiger partial charge is 0.167 e. The Morgan fingerprint density at radius 3 is 2.53 bits per heavy atom. The van der Waals surface area contributed by atoms with Crippen LogP contribution in [0.5, 0.6) is 5.75 Å². The van der Waals surface area contributed by atoms with E-state index in [2.05, 4.69) is 4.74 Å². The average Bonchev–Trinajstić information content (AvgIpc) is 2.31. The lowest BCUT2D eigenvalue weighted by molar-refractivity contribution is 0.101. The van der Waals surface area contributed by atoms with Crippen molar-refractivity contribution in [2.75, 3.05) is 32.2 Å². The van der Waals surface area contributed by atoms with E-state index in [4.69, 9.17) is 5.11 Å². The first-order valence-corrected chi connectivity index (χ1v) is 5.02. The molecule has 2 N–H and O–H groups in total. The van der Waals surface area contributed by atoms with Crippen LogP contribution in [-0.4, -0.2) is 43.6 Å². The van der Waals surface area contributed by atoms with Crippen LogP contribution in [0.15, 0.2) is 12.1 Å². The van der Waals surface area contributed by atoms with Gasteiger partial charge in [0, 0.05) is 25.7 Å². The van der Waals surface area contributed by atoms with Gasteiger partial charge in [0.25, 0.3) is 0 Å². The lowest BCUT2D eigenvalue weighted by atomic mass is 10.2. The van der Waals surface area contributed by atoms with Crippen LogP contribution in [0.25, 0.3) is 0 Å². The number of likely N-dealkylation sites (N-methyl/N-ethyl adjacent to an activating group) is 1. The number of nitrogens with zero attached hydrogens (tertiary/aromatic N) is 1. The summed E-state index contributed by atoms with van der Waals surface area (Å²) in [6.07, 6.45) is -1.01. The quantitative estimate of drug-likeness (QED) is 0.806. The summed E-state index contributed by atoms with van der Waals surface area (Å²) in [4.78, 5) is 1.32. The van der Waals surface area contributed by atoms with Crippen molar-refractivity contribution >= 4 is 5.69 Å². The second kappa shape index (κ2) is 5.79. The SMILES string of the molecule is COc1cc(F)c(N(C)CC(O)CO)cc1F. The molecule has 4 nitrogen and oxygen atoms in total. The third-order valence-electron chi connectivity index (χ3n) is 2.33. The van der Waals surface area contributed by atoms with Crippen LogP contribution < -0.4 is 9.64 Å². The highest BCUT2D eigenvalue weighted by molar-refractivity contribution is 5.50. The number of ether oxygens (including phenoxy) is 1. The summed E-state index contributed by atoms with van der Waals surface area (Å²) in [6.45, 7) is -0.441. The maximum absolute atomic E-state index is 13.6. The van der Waals surface area contributed by atoms with Crippen molar-refractivity contribution < 1.29 is 23.7 Å². The predicted octanol–water partition coefficient (Wildman–Crippen LogP) is 0.763. The van der Waals surface area contributed by atoms with Gasteiger partial charge in [0.15, 0.2) is 11.6 Å². The Morgan fingerprint density at radius 2 is 2.00 bits per heavy atom. The molecule has 1 atom stereocenters. The summed E-state index contributed by atoms with van der Waals surface area (Å²) in [6, 6.07) is 1.92. The molecule has 0 aliphatic carbocycles. The fourth-order valence-electron chi connectivity index (χ4n) is 1.44. The van der Waals surface area contributed by atoms with Gasteiger partial charge < -0.3 is 19.8 Å². The molecule has 0 radical (unpaired) electrons. The Balaban J connectivity index is 2.94. The zero-order chi connectivity index (χ0) is 13.0. The summed E-state index contributed by atoms with van der Waals surface area (Å²) in [5.74, 6) is -1.52. The first kappa shape index (κ1) is 13.7. The molecular formula is C11H15F2NO3. The topological polar surface area (TPSA) is 52.9 Å². The monoisotopic (exact) mass is 247 g/mol. The first-order chi connectivity index (χ1) is 7.99. The van der Waals surface area contributed by atoms with Crippen LogP contribution in [0.1, 0.15) is 0 Å². The molecule has 0 saturated carbocycles. The molecule has 0 heterocycles. The average molecular weight is 247 g/mol. The van der Waals surface area contributed by atoms with Crippen LogP contribution >= 0.6 is 0 Å². The molecule has 0 spiro atoms. The molecule has 0 bridgehead atoms.